The molecule has 0 radical (unpaired) electrons. The van der Waals surface area contributed by atoms with Crippen molar-refractivity contribution >= 4 is 33.4 Å². The zero-order chi connectivity index (χ0) is 23.4. The molecule has 0 atom stereocenters. The number of aryl methyl sites for hydroxylation is 1. The number of benzene rings is 1. The molecule has 1 aliphatic heterocycles. The van der Waals surface area contributed by atoms with Crippen molar-refractivity contribution in [1.29, 1.82) is 0 Å². The van der Waals surface area contributed by atoms with Crippen molar-refractivity contribution in [3.8, 4) is 11.4 Å². The van der Waals surface area contributed by atoms with Crippen molar-refractivity contribution in [2.45, 2.75) is 42.7 Å². The number of anilines is 1. The maximum absolute atomic E-state index is 12.9. The third-order valence-electron chi connectivity index (χ3n) is 5.44. The van der Waals surface area contributed by atoms with Gasteiger partial charge in [0.15, 0.2) is 5.82 Å². The van der Waals surface area contributed by atoms with E-state index in [1.807, 2.05) is 0 Å². The van der Waals surface area contributed by atoms with Crippen molar-refractivity contribution in [1.82, 2.24) is 19.2 Å². The van der Waals surface area contributed by atoms with Gasteiger partial charge < -0.3 is 15.6 Å². The maximum Gasteiger partial charge on any atom is 0.243 e. The maximum atomic E-state index is 12.9. The number of rotatable bonds is 7. The predicted molar refractivity (Wildman–Crippen MR) is 126 cm³/mol. The number of furan rings is 1. The lowest BCUT2D eigenvalue weighted by atomic mass is 10.2. The number of sulfonamides is 1. The molecule has 1 fully saturated rings. The van der Waals surface area contributed by atoms with Gasteiger partial charge in [0, 0.05) is 18.8 Å². The minimum atomic E-state index is -3.52. The number of nitrogens with two attached hydrogens (primary N) is 1. The summed E-state index contributed by atoms with van der Waals surface area (Å²) in [5, 5.41) is 11.3. The van der Waals surface area contributed by atoms with Gasteiger partial charge in [0.05, 0.1) is 22.5 Å². The number of carbonyl (C=O) groups is 1. The quantitative estimate of drug-likeness (QED) is 0.381. The number of thioether (sulfide) groups is 1. The highest BCUT2D eigenvalue weighted by Crippen LogP contribution is 2.25. The average Bonchev–Trinajstić information content (AvgIpc) is 3.25. The van der Waals surface area contributed by atoms with Crippen molar-refractivity contribution in [2.75, 3.05) is 30.0 Å². The van der Waals surface area contributed by atoms with Gasteiger partial charge in [0.2, 0.25) is 21.1 Å². The molecule has 176 valence electrons. The highest BCUT2D eigenvalue weighted by molar-refractivity contribution is 7.99. The molecule has 12 heteroatoms. The van der Waals surface area contributed by atoms with E-state index in [-0.39, 0.29) is 16.6 Å². The molecule has 0 aliphatic carbocycles. The minimum Gasteiger partial charge on any atom is -0.469 e. The van der Waals surface area contributed by atoms with Crippen LogP contribution in [0, 0.1) is 6.92 Å². The first-order valence-corrected chi connectivity index (χ1v) is 13.1. The summed E-state index contributed by atoms with van der Waals surface area (Å²) < 4.78 is 33.9. The molecule has 33 heavy (non-hydrogen) atoms. The van der Waals surface area contributed by atoms with Crippen molar-refractivity contribution in [3.05, 3.63) is 42.4 Å². The van der Waals surface area contributed by atoms with Crippen LogP contribution in [0.15, 0.2) is 51.1 Å². The fraction of sp³-hybridized carbons (Fsp3) is 0.381. The Labute approximate surface area is 196 Å². The molecule has 1 aliphatic rings. The van der Waals surface area contributed by atoms with E-state index in [1.165, 1.54) is 16.8 Å². The molecule has 1 saturated heterocycles. The Hall–Kier alpha value is -2.83. The molecular weight excluding hydrogens is 464 g/mol. The lowest BCUT2D eigenvalue weighted by Gasteiger charge is -2.20. The van der Waals surface area contributed by atoms with Crippen LogP contribution in [0.25, 0.3) is 11.4 Å². The van der Waals surface area contributed by atoms with Crippen LogP contribution < -0.4 is 11.2 Å². The van der Waals surface area contributed by atoms with E-state index in [9.17, 15) is 13.2 Å². The molecular formula is C21H26N6O4S2. The highest BCUT2D eigenvalue weighted by atomic mass is 32.2. The van der Waals surface area contributed by atoms with E-state index in [0.717, 1.165) is 43.0 Å². The molecule has 0 unspecified atom stereocenters. The van der Waals surface area contributed by atoms with E-state index in [4.69, 9.17) is 10.3 Å². The Morgan fingerprint density at radius 2 is 1.82 bits per heavy atom. The van der Waals surface area contributed by atoms with Gasteiger partial charge in [0.1, 0.15) is 5.76 Å². The number of nitrogen functional groups attached to an aromatic ring is 1. The Bertz CT molecular complexity index is 1210. The fourth-order valence-corrected chi connectivity index (χ4v) is 5.82. The lowest BCUT2D eigenvalue weighted by molar-refractivity contribution is -0.113. The van der Waals surface area contributed by atoms with E-state index < -0.39 is 10.0 Å². The first-order valence-electron chi connectivity index (χ1n) is 10.6. The van der Waals surface area contributed by atoms with Crippen LogP contribution in [0.2, 0.25) is 0 Å². The molecule has 1 aromatic carbocycles. The molecule has 0 bridgehead atoms. The predicted octanol–water partition coefficient (Wildman–Crippen LogP) is 2.86. The number of nitrogens with zero attached hydrogens (tertiary/aromatic N) is 4. The van der Waals surface area contributed by atoms with Crippen LogP contribution in [0.1, 0.15) is 31.4 Å². The normalized spacial score (nSPS) is 15.3. The number of hydrogen-bond acceptors (Lipinski definition) is 8. The lowest BCUT2D eigenvalue weighted by Crippen LogP contribution is -2.31. The van der Waals surface area contributed by atoms with Gasteiger partial charge in [0.25, 0.3) is 0 Å². The zero-order valence-electron chi connectivity index (χ0n) is 18.2. The van der Waals surface area contributed by atoms with Gasteiger partial charge >= 0.3 is 0 Å². The summed E-state index contributed by atoms with van der Waals surface area (Å²) in [5.41, 5.74) is 1.25. The summed E-state index contributed by atoms with van der Waals surface area (Å²) in [6.45, 7) is 2.89. The molecule has 1 amide bonds. The molecule has 0 saturated carbocycles. The Morgan fingerprint density at radius 1 is 1.12 bits per heavy atom. The van der Waals surface area contributed by atoms with Crippen LogP contribution in [0.5, 0.6) is 0 Å². The molecule has 2 aromatic heterocycles. The third-order valence-corrected chi connectivity index (χ3v) is 8.29. The first-order chi connectivity index (χ1) is 15.9. The molecule has 0 spiro atoms. The molecule has 3 heterocycles. The Kier molecular flexibility index (Phi) is 7.05. The second kappa shape index (κ2) is 9.98. The third kappa shape index (κ3) is 5.23. The van der Waals surface area contributed by atoms with E-state index in [2.05, 4.69) is 15.5 Å². The summed E-state index contributed by atoms with van der Waals surface area (Å²) in [5.74, 6) is 6.98. The summed E-state index contributed by atoms with van der Waals surface area (Å²) in [6, 6.07) is 8.00. The topological polar surface area (TPSA) is 136 Å². The Balaban J connectivity index is 1.35. The number of amides is 1. The second-order valence-corrected chi connectivity index (χ2v) is 10.6. The van der Waals surface area contributed by atoms with Crippen LogP contribution in [-0.4, -0.2) is 52.3 Å². The highest BCUT2D eigenvalue weighted by Gasteiger charge is 2.25. The number of nitrogens with one attached hydrogen (secondary N) is 1. The monoisotopic (exact) mass is 490 g/mol. The minimum absolute atomic E-state index is 0.0630. The van der Waals surface area contributed by atoms with Crippen LogP contribution in [-0.2, 0) is 14.8 Å². The largest absolute Gasteiger partial charge is 0.469 e. The molecule has 3 aromatic rings. The van der Waals surface area contributed by atoms with E-state index in [0.29, 0.717) is 35.5 Å². The van der Waals surface area contributed by atoms with Crippen LogP contribution in [0.3, 0.4) is 0 Å². The van der Waals surface area contributed by atoms with Crippen molar-refractivity contribution in [2.24, 2.45) is 0 Å². The summed E-state index contributed by atoms with van der Waals surface area (Å²) in [7, 11) is -3.52. The number of aromatic nitrogens is 3. The van der Waals surface area contributed by atoms with Crippen molar-refractivity contribution < 1.29 is 17.6 Å². The van der Waals surface area contributed by atoms with Gasteiger partial charge in [-0.1, -0.05) is 24.6 Å². The van der Waals surface area contributed by atoms with Crippen LogP contribution in [0.4, 0.5) is 5.69 Å². The SMILES string of the molecule is Cc1occc1-c1nnc(SCC(=O)Nc2ccc(S(=O)(=O)N3CCCCCC3)cc2)n1N. The Morgan fingerprint density at radius 3 is 2.45 bits per heavy atom. The summed E-state index contributed by atoms with van der Waals surface area (Å²) >= 11 is 1.15. The average molecular weight is 491 g/mol. The van der Waals surface area contributed by atoms with E-state index >= 15 is 0 Å². The van der Waals surface area contributed by atoms with Gasteiger partial charge in [-0.25, -0.2) is 13.1 Å². The fourth-order valence-electron chi connectivity index (χ4n) is 3.64. The molecule has 3 N–H and O–H groups in total. The van der Waals surface area contributed by atoms with Gasteiger partial charge in [-0.05, 0) is 50.1 Å². The standard InChI is InChI=1S/C21H26N6O4S2/c1-15-18(10-13-31-15)20-24-25-21(27(20)22)32-14-19(28)23-16-6-8-17(9-7-16)33(29,30)26-11-4-2-3-5-12-26/h6-10,13H,2-5,11-12,14,22H2,1H3,(H,23,28). The number of carbonyl (C=O) groups excluding carboxylic acids is 1. The summed E-state index contributed by atoms with van der Waals surface area (Å²) in [6.07, 6.45) is 5.42. The second-order valence-electron chi connectivity index (χ2n) is 7.75. The zero-order valence-corrected chi connectivity index (χ0v) is 19.9. The number of hydrogen-bond donors (Lipinski definition) is 2. The van der Waals surface area contributed by atoms with Gasteiger partial charge in [-0.15, -0.1) is 10.2 Å². The smallest absolute Gasteiger partial charge is 0.243 e. The van der Waals surface area contributed by atoms with E-state index in [1.54, 1.807) is 35.7 Å². The van der Waals surface area contributed by atoms with Crippen LogP contribution >= 0.6 is 11.8 Å². The van der Waals surface area contributed by atoms with Gasteiger partial charge in [-0.3, -0.25) is 4.79 Å². The van der Waals surface area contributed by atoms with Gasteiger partial charge in [-0.2, -0.15) is 4.31 Å². The molecule has 10 nitrogen and oxygen atoms in total. The first kappa shape index (κ1) is 23.3. The van der Waals surface area contributed by atoms with Crippen molar-refractivity contribution in [3.63, 3.8) is 0 Å². The molecule has 4 rings (SSSR count). The summed E-state index contributed by atoms with van der Waals surface area (Å²) in [4.78, 5) is 12.6.